The van der Waals surface area contributed by atoms with Gasteiger partial charge in [-0.05, 0) is 19.1 Å². The van der Waals surface area contributed by atoms with Gasteiger partial charge in [-0.3, -0.25) is 9.59 Å². The summed E-state index contributed by atoms with van der Waals surface area (Å²) in [5, 5.41) is 9.38. The zero-order valence-corrected chi connectivity index (χ0v) is 12.5. The van der Waals surface area contributed by atoms with Gasteiger partial charge < -0.3 is 14.7 Å². The van der Waals surface area contributed by atoms with Crippen molar-refractivity contribution in [2.24, 2.45) is 5.92 Å². The highest BCUT2D eigenvalue weighted by molar-refractivity contribution is 6.31. The maximum atomic E-state index is 11.8. The van der Waals surface area contributed by atoms with Crippen LogP contribution >= 0.6 is 11.6 Å². The third-order valence-corrected chi connectivity index (χ3v) is 3.37. The summed E-state index contributed by atoms with van der Waals surface area (Å²) in [4.78, 5) is 23.9. The van der Waals surface area contributed by atoms with Crippen molar-refractivity contribution < 1.29 is 19.4 Å². The summed E-state index contributed by atoms with van der Waals surface area (Å²) in [5.41, 5.74) is 0.767. The zero-order chi connectivity index (χ0) is 15.3. The first-order valence-electron chi connectivity index (χ1n) is 6.17. The molecule has 0 radical (unpaired) electrons. The van der Waals surface area contributed by atoms with Crippen molar-refractivity contribution in [3.8, 4) is 5.75 Å². The minimum absolute atomic E-state index is 0.145. The molecule has 0 fully saturated rings. The predicted molar refractivity (Wildman–Crippen MR) is 76.1 cm³/mol. The van der Waals surface area contributed by atoms with Crippen LogP contribution in [-0.4, -0.2) is 42.1 Å². The first-order valence-corrected chi connectivity index (χ1v) is 6.55. The normalized spacial score (nSPS) is 11.8. The Hall–Kier alpha value is -1.75. The fraction of sp³-hybridized carbons (Fsp3) is 0.429. The van der Waals surface area contributed by atoms with E-state index in [0.717, 1.165) is 5.56 Å². The molecule has 1 atom stereocenters. The quantitative estimate of drug-likeness (QED) is 0.874. The number of likely N-dealkylation sites (N-methyl/N-ethyl adjacent to an activating group) is 1. The second kappa shape index (κ2) is 7.14. The summed E-state index contributed by atoms with van der Waals surface area (Å²) in [5.74, 6) is -1.28. The van der Waals surface area contributed by atoms with Crippen molar-refractivity contribution in [2.45, 2.75) is 13.8 Å². The topological polar surface area (TPSA) is 66.8 Å². The average Bonchev–Trinajstić information content (AvgIpc) is 2.39. The number of nitrogens with zero attached hydrogens (tertiary/aromatic N) is 1. The molecule has 1 N–H and O–H groups in total. The zero-order valence-electron chi connectivity index (χ0n) is 11.7. The third-order valence-electron chi connectivity index (χ3n) is 2.96. The molecule has 20 heavy (non-hydrogen) atoms. The molecule has 1 aromatic rings. The van der Waals surface area contributed by atoms with Gasteiger partial charge in [-0.15, -0.1) is 0 Å². The lowest BCUT2D eigenvalue weighted by atomic mass is 10.2. The largest absolute Gasteiger partial charge is 0.483 e. The fourth-order valence-corrected chi connectivity index (χ4v) is 1.75. The van der Waals surface area contributed by atoms with Crippen molar-refractivity contribution in [1.82, 2.24) is 4.90 Å². The molecule has 0 heterocycles. The summed E-state index contributed by atoms with van der Waals surface area (Å²) in [6.45, 7) is 3.35. The van der Waals surface area contributed by atoms with Gasteiger partial charge in [-0.2, -0.15) is 0 Å². The number of carbonyl (C=O) groups excluding carboxylic acids is 1. The SMILES string of the molecule is Cc1c(Cl)cccc1OCC(=O)N(C)CC(C)C(=O)O. The van der Waals surface area contributed by atoms with Crippen LogP contribution in [0.2, 0.25) is 5.02 Å². The first kappa shape index (κ1) is 16.3. The Labute approximate surface area is 123 Å². The number of halogens is 1. The van der Waals surface area contributed by atoms with Crippen LogP contribution in [-0.2, 0) is 9.59 Å². The second-order valence-corrected chi connectivity index (χ2v) is 5.07. The van der Waals surface area contributed by atoms with Crippen LogP contribution in [0.3, 0.4) is 0 Å². The van der Waals surface area contributed by atoms with Crippen LogP contribution in [0.15, 0.2) is 18.2 Å². The molecule has 0 aliphatic carbocycles. The number of carboxylic acids is 1. The van der Waals surface area contributed by atoms with Gasteiger partial charge in [-0.1, -0.05) is 24.6 Å². The van der Waals surface area contributed by atoms with Gasteiger partial charge in [0.2, 0.25) is 0 Å². The van der Waals surface area contributed by atoms with Gasteiger partial charge in [0.25, 0.3) is 5.91 Å². The van der Waals surface area contributed by atoms with E-state index in [0.29, 0.717) is 10.8 Å². The first-order chi connectivity index (χ1) is 9.32. The van der Waals surface area contributed by atoms with Crippen molar-refractivity contribution in [3.05, 3.63) is 28.8 Å². The summed E-state index contributed by atoms with van der Waals surface area (Å²) in [6, 6.07) is 5.21. The van der Waals surface area contributed by atoms with Crippen LogP contribution in [0.25, 0.3) is 0 Å². The summed E-state index contributed by atoms with van der Waals surface area (Å²) < 4.78 is 5.42. The number of hydrogen-bond donors (Lipinski definition) is 1. The van der Waals surface area contributed by atoms with Crippen LogP contribution in [0.1, 0.15) is 12.5 Å². The Morgan fingerprint density at radius 1 is 1.45 bits per heavy atom. The molecule has 6 heteroatoms. The highest BCUT2D eigenvalue weighted by atomic mass is 35.5. The monoisotopic (exact) mass is 299 g/mol. The van der Waals surface area contributed by atoms with E-state index in [1.807, 2.05) is 0 Å². The predicted octanol–water partition coefficient (Wildman–Crippen LogP) is 2.21. The van der Waals surface area contributed by atoms with Gasteiger partial charge in [0.1, 0.15) is 5.75 Å². The molecule has 1 amide bonds. The minimum Gasteiger partial charge on any atom is -0.483 e. The number of amides is 1. The molecule has 0 aliphatic rings. The summed E-state index contributed by atoms with van der Waals surface area (Å²) in [6.07, 6.45) is 0. The molecule has 1 unspecified atom stereocenters. The van der Waals surface area contributed by atoms with Crippen LogP contribution in [0.5, 0.6) is 5.75 Å². The van der Waals surface area contributed by atoms with Crippen LogP contribution < -0.4 is 4.74 Å². The molecule has 1 rings (SSSR count). The van der Waals surface area contributed by atoms with Crippen molar-refractivity contribution in [3.63, 3.8) is 0 Å². The molecule has 0 saturated heterocycles. The number of carbonyl (C=O) groups is 2. The number of rotatable bonds is 6. The van der Waals surface area contributed by atoms with E-state index in [1.54, 1.807) is 39.1 Å². The molecule has 110 valence electrons. The van der Waals surface area contributed by atoms with Crippen molar-refractivity contribution in [1.29, 1.82) is 0 Å². The van der Waals surface area contributed by atoms with Gasteiger partial charge in [-0.25, -0.2) is 0 Å². The van der Waals surface area contributed by atoms with Crippen molar-refractivity contribution >= 4 is 23.5 Å². The summed E-state index contributed by atoms with van der Waals surface area (Å²) in [7, 11) is 1.55. The number of ether oxygens (including phenoxy) is 1. The molecular weight excluding hydrogens is 282 g/mol. The maximum Gasteiger partial charge on any atom is 0.308 e. The Bertz CT molecular complexity index is 504. The molecule has 0 aromatic heterocycles. The third kappa shape index (κ3) is 4.42. The molecule has 1 aromatic carbocycles. The van der Waals surface area contributed by atoms with E-state index in [9.17, 15) is 9.59 Å². The van der Waals surface area contributed by atoms with Gasteiger partial charge in [0.15, 0.2) is 6.61 Å². The molecule has 0 aliphatic heterocycles. The van der Waals surface area contributed by atoms with Crippen LogP contribution in [0, 0.1) is 12.8 Å². The van der Waals surface area contributed by atoms with E-state index in [-0.39, 0.29) is 19.1 Å². The fourth-order valence-electron chi connectivity index (χ4n) is 1.58. The highest BCUT2D eigenvalue weighted by Crippen LogP contribution is 2.24. The van der Waals surface area contributed by atoms with E-state index in [2.05, 4.69) is 0 Å². The van der Waals surface area contributed by atoms with E-state index >= 15 is 0 Å². The molecule has 5 nitrogen and oxygen atoms in total. The van der Waals surface area contributed by atoms with E-state index in [1.165, 1.54) is 4.90 Å². The Kier molecular flexibility index (Phi) is 5.82. The van der Waals surface area contributed by atoms with E-state index < -0.39 is 11.9 Å². The Balaban J connectivity index is 2.54. The molecular formula is C14H18ClNO4. The number of benzene rings is 1. The number of carboxylic acid groups (broad SMARTS) is 1. The highest BCUT2D eigenvalue weighted by Gasteiger charge is 2.18. The number of aliphatic carboxylic acids is 1. The van der Waals surface area contributed by atoms with Crippen LogP contribution in [0.4, 0.5) is 0 Å². The number of hydrogen-bond acceptors (Lipinski definition) is 3. The van der Waals surface area contributed by atoms with Crippen molar-refractivity contribution in [2.75, 3.05) is 20.2 Å². The van der Waals surface area contributed by atoms with Gasteiger partial charge in [0.05, 0.1) is 5.92 Å². The smallest absolute Gasteiger partial charge is 0.308 e. The lowest BCUT2D eigenvalue weighted by Gasteiger charge is -2.20. The lowest BCUT2D eigenvalue weighted by Crippen LogP contribution is -2.36. The summed E-state index contributed by atoms with van der Waals surface area (Å²) >= 11 is 5.95. The Morgan fingerprint density at radius 3 is 2.70 bits per heavy atom. The molecule has 0 bridgehead atoms. The van der Waals surface area contributed by atoms with Gasteiger partial charge >= 0.3 is 5.97 Å². The Morgan fingerprint density at radius 2 is 2.10 bits per heavy atom. The second-order valence-electron chi connectivity index (χ2n) is 4.67. The molecule has 0 spiro atoms. The van der Waals surface area contributed by atoms with E-state index in [4.69, 9.17) is 21.4 Å². The maximum absolute atomic E-state index is 11.8. The molecule has 0 saturated carbocycles. The van der Waals surface area contributed by atoms with Gasteiger partial charge in [0, 0.05) is 24.2 Å². The lowest BCUT2D eigenvalue weighted by molar-refractivity contribution is -0.143. The standard InChI is InChI=1S/C14H18ClNO4/c1-9(14(18)19)7-16(3)13(17)8-20-12-6-4-5-11(15)10(12)2/h4-6,9H,7-8H2,1-3H3,(H,18,19). The minimum atomic E-state index is -0.934. The average molecular weight is 300 g/mol.